The first-order valence-corrected chi connectivity index (χ1v) is 9.97. The van der Waals surface area contributed by atoms with Gasteiger partial charge in [-0.15, -0.1) is 0 Å². The van der Waals surface area contributed by atoms with Gasteiger partial charge in [-0.3, -0.25) is 4.72 Å². The zero-order valence-corrected chi connectivity index (χ0v) is 16.2. The van der Waals surface area contributed by atoms with Gasteiger partial charge in [-0.05, 0) is 54.6 Å². The van der Waals surface area contributed by atoms with E-state index < -0.39 is 10.0 Å². The Balaban J connectivity index is 1.91. The highest BCUT2D eigenvalue weighted by molar-refractivity contribution is 7.92. The zero-order chi connectivity index (χ0) is 18.7. The predicted molar refractivity (Wildman–Crippen MR) is 105 cm³/mol. The first kappa shape index (κ1) is 18.9. The summed E-state index contributed by atoms with van der Waals surface area (Å²) >= 11 is 17.8. The van der Waals surface area contributed by atoms with Gasteiger partial charge in [-0.1, -0.05) is 46.9 Å². The standard InChI is InChI=1S/C18H12Cl3NO3S/c19-12-5-8-14(9-6-12)26(23,24)22-16-3-1-2-4-18(16)25-17-10-7-13(20)11-15(17)21/h1-11,22H. The lowest BCUT2D eigenvalue weighted by atomic mass is 10.3. The van der Waals surface area contributed by atoms with Crippen molar-refractivity contribution in [2.75, 3.05) is 4.72 Å². The number of hydrogen-bond donors (Lipinski definition) is 1. The van der Waals surface area contributed by atoms with Crippen LogP contribution in [0.4, 0.5) is 5.69 Å². The fraction of sp³-hybridized carbons (Fsp3) is 0. The van der Waals surface area contributed by atoms with Crippen molar-refractivity contribution in [3.8, 4) is 11.5 Å². The second-order valence-corrected chi connectivity index (χ2v) is 8.19. The first-order chi connectivity index (χ1) is 12.3. The third kappa shape index (κ3) is 4.43. The number of para-hydroxylation sites is 2. The monoisotopic (exact) mass is 427 g/mol. The Kier molecular flexibility index (Phi) is 5.63. The summed E-state index contributed by atoms with van der Waals surface area (Å²) in [4.78, 5) is 0.0845. The highest BCUT2D eigenvalue weighted by Crippen LogP contribution is 2.35. The molecule has 0 amide bonds. The van der Waals surface area contributed by atoms with Crippen molar-refractivity contribution < 1.29 is 13.2 Å². The molecular weight excluding hydrogens is 417 g/mol. The normalized spacial score (nSPS) is 11.2. The lowest BCUT2D eigenvalue weighted by Crippen LogP contribution is -2.13. The molecule has 0 unspecified atom stereocenters. The van der Waals surface area contributed by atoms with E-state index in [4.69, 9.17) is 39.5 Å². The molecule has 26 heavy (non-hydrogen) atoms. The van der Waals surface area contributed by atoms with Crippen LogP contribution in [0.15, 0.2) is 71.6 Å². The van der Waals surface area contributed by atoms with Crippen molar-refractivity contribution in [1.82, 2.24) is 0 Å². The summed E-state index contributed by atoms with van der Waals surface area (Å²) in [5.74, 6) is 0.656. The summed E-state index contributed by atoms with van der Waals surface area (Å²) in [7, 11) is -3.80. The number of ether oxygens (including phenoxy) is 1. The Morgan fingerprint density at radius 3 is 2.12 bits per heavy atom. The number of halogens is 3. The highest BCUT2D eigenvalue weighted by atomic mass is 35.5. The van der Waals surface area contributed by atoms with E-state index in [1.54, 1.807) is 42.5 Å². The fourth-order valence-corrected chi connectivity index (χ4v) is 3.78. The van der Waals surface area contributed by atoms with Crippen LogP contribution in [0.1, 0.15) is 0 Å². The van der Waals surface area contributed by atoms with Gasteiger partial charge in [-0.25, -0.2) is 8.42 Å². The highest BCUT2D eigenvalue weighted by Gasteiger charge is 2.17. The Morgan fingerprint density at radius 1 is 0.769 bits per heavy atom. The van der Waals surface area contributed by atoms with Gasteiger partial charge >= 0.3 is 0 Å². The van der Waals surface area contributed by atoms with Crippen LogP contribution < -0.4 is 9.46 Å². The van der Waals surface area contributed by atoms with Crippen molar-refractivity contribution in [2.45, 2.75) is 4.90 Å². The van der Waals surface area contributed by atoms with Crippen LogP contribution in [0.2, 0.25) is 15.1 Å². The molecule has 134 valence electrons. The van der Waals surface area contributed by atoms with E-state index in [1.807, 2.05) is 0 Å². The minimum Gasteiger partial charge on any atom is -0.454 e. The summed E-state index contributed by atoms with van der Waals surface area (Å²) in [6.45, 7) is 0. The molecule has 8 heteroatoms. The second kappa shape index (κ2) is 7.76. The molecule has 0 aliphatic carbocycles. The first-order valence-electron chi connectivity index (χ1n) is 7.35. The predicted octanol–water partition coefficient (Wildman–Crippen LogP) is 6.24. The average Bonchev–Trinajstić information content (AvgIpc) is 2.59. The van der Waals surface area contributed by atoms with E-state index in [2.05, 4.69) is 4.72 Å². The van der Waals surface area contributed by atoms with Crippen molar-refractivity contribution in [3.63, 3.8) is 0 Å². The Bertz CT molecular complexity index is 1040. The molecule has 0 aliphatic heterocycles. The smallest absolute Gasteiger partial charge is 0.262 e. The summed E-state index contributed by atoms with van der Waals surface area (Å²) < 4.78 is 33.4. The molecule has 3 aromatic carbocycles. The van der Waals surface area contributed by atoms with Crippen molar-refractivity contribution in [2.24, 2.45) is 0 Å². The molecule has 0 fully saturated rings. The van der Waals surface area contributed by atoms with Crippen LogP contribution in [0.3, 0.4) is 0 Å². The Hall–Kier alpha value is -1.92. The molecule has 0 saturated carbocycles. The second-order valence-electron chi connectivity index (χ2n) is 5.23. The van der Waals surface area contributed by atoms with Gasteiger partial charge in [0.15, 0.2) is 5.75 Å². The molecule has 4 nitrogen and oxygen atoms in total. The van der Waals surface area contributed by atoms with Gasteiger partial charge in [0.2, 0.25) is 0 Å². The van der Waals surface area contributed by atoms with Gasteiger partial charge in [0.25, 0.3) is 10.0 Å². The van der Waals surface area contributed by atoms with Gasteiger partial charge in [-0.2, -0.15) is 0 Å². The Morgan fingerprint density at radius 2 is 1.42 bits per heavy atom. The van der Waals surface area contributed by atoms with Crippen LogP contribution in [0.25, 0.3) is 0 Å². The molecule has 0 bridgehead atoms. The number of nitrogens with one attached hydrogen (secondary N) is 1. The van der Waals surface area contributed by atoms with Gasteiger partial charge < -0.3 is 4.74 Å². The molecule has 0 atom stereocenters. The maximum Gasteiger partial charge on any atom is 0.262 e. The lowest BCUT2D eigenvalue weighted by molar-refractivity contribution is 0.485. The topological polar surface area (TPSA) is 55.4 Å². The number of anilines is 1. The molecule has 0 aliphatic rings. The quantitative estimate of drug-likeness (QED) is 0.523. The van der Waals surface area contributed by atoms with Crippen LogP contribution >= 0.6 is 34.8 Å². The molecule has 0 radical (unpaired) electrons. The summed E-state index contributed by atoms with van der Waals surface area (Å²) in [5, 5.41) is 1.23. The maximum absolute atomic E-state index is 12.6. The van der Waals surface area contributed by atoms with Crippen LogP contribution in [-0.4, -0.2) is 8.42 Å². The Labute approximate surface area is 166 Å². The third-order valence-electron chi connectivity index (χ3n) is 3.37. The third-order valence-corrected chi connectivity index (χ3v) is 5.53. The summed E-state index contributed by atoms with van der Waals surface area (Å²) in [6.07, 6.45) is 0. The molecule has 1 N–H and O–H groups in total. The van der Waals surface area contributed by atoms with Crippen molar-refractivity contribution in [3.05, 3.63) is 81.8 Å². The van der Waals surface area contributed by atoms with E-state index in [9.17, 15) is 8.42 Å². The van der Waals surface area contributed by atoms with E-state index >= 15 is 0 Å². The largest absolute Gasteiger partial charge is 0.454 e. The molecule has 3 aromatic rings. The van der Waals surface area contributed by atoms with E-state index in [-0.39, 0.29) is 10.6 Å². The maximum atomic E-state index is 12.6. The van der Waals surface area contributed by atoms with E-state index in [0.29, 0.717) is 26.6 Å². The fourth-order valence-electron chi connectivity index (χ4n) is 2.13. The van der Waals surface area contributed by atoms with Crippen molar-refractivity contribution >= 4 is 50.5 Å². The van der Waals surface area contributed by atoms with Crippen LogP contribution in [-0.2, 0) is 10.0 Å². The summed E-state index contributed by atoms with van der Waals surface area (Å²) in [5.41, 5.74) is 0.272. The molecule has 0 heterocycles. The summed E-state index contributed by atoms with van der Waals surface area (Å²) in [6, 6.07) is 17.3. The van der Waals surface area contributed by atoms with Gasteiger partial charge in [0, 0.05) is 10.0 Å². The molecule has 0 saturated heterocycles. The minimum absolute atomic E-state index is 0.0845. The van der Waals surface area contributed by atoms with Gasteiger partial charge in [0.05, 0.1) is 15.6 Å². The van der Waals surface area contributed by atoms with Crippen LogP contribution in [0.5, 0.6) is 11.5 Å². The molecule has 0 aromatic heterocycles. The lowest BCUT2D eigenvalue weighted by Gasteiger charge is -2.14. The minimum atomic E-state index is -3.80. The van der Waals surface area contributed by atoms with Crippen molar-refractivity contribution in [1.29, 1.82) is 0 Å². The number of sulfonamides is 1. The van der Waals surface area contributed by atoms with Crippen LogP contribution in [0, 0.1) is 0 Å². The number of hydrogen-bond acceptors (Lipinski definition) is 3. The number of rotatable bonds is 5. The zero-order valence-electron chi connectivity index (χ0n) is 13.1. The van der Waals surface area contributed by atoms with E-state index in [1.165, 1.54) is 24.3 Å². The van der Waals surface area contributed by atoms with Gasteiger partial charge in [0.1, 0.15) is 5.75 Å². The number of benzene rings is 3. The van der Waals surface area contributed by atoms with E-state index in [0.717, 1.165) is 0 Å². The molecular formula is C18H12Cl3NO3S. The average molecular weight is 429 g/mol. The molecule has 3 rings (SSSR count). The SMILES string of the molecule is O=S(=O)(Nc1ccccc1Oc1ccc(Cl)cc1Cl)c1ccc(Cl)cc1. The molecule has 0 spiro atoms.